The van der Waals surface area contributed by atoms with Crippen LogP contribution >= 0.6 is 11.3 Å². The van der Waals surface area contributed by atoms with E-state index in [4.69, 9.17) is 0 Å². The lowest BCUT2D eigenvalue weighted by atomic mass is 9.58. The van der Waals surface area contributed by atoms with Crippen molar-refractivity contribution in [1.82, 2.24) is 5.34 Å². The molecule has 2 rings (SSSR count). The van der Waals surface area contributed by atoms with E-state index in [0.717, 1.165) is 5.71 Å². The van der Waals surface area contributed by atoms with E-state index in [1.54, 1.807) is 11.3 Å². The molecule has 1 aliphatic rings. The highest BCUT2D eigenvalue weighted by Gasteiger charge is 2.20. The second kappa shape index (κ2) is 2.38. The molecule has 1 aliphatic heterocycles. The minimum Gasteiger partial charge on any atom is -0.347 e. The predicted molar refractivity (Wildman–Crippen MR) is 50.9 cm³/mol. The topological polar surface area (TPSA) is 24.4 Å². The van der Waals surface area contributed by atoms with Crippen LogP contribution in [0.4, 0.5) is 0 Å². The Morgan fingerprint density at radius 1 is 1.64 bits per heavy atom. The van der Waals surface area contributed by atoms with Crippen LogP contribution in [0.3, 0.4) is 0 Å². The molecule has 1 aromatic rings. The van der Waals surface area contributed by atoms with Crippen LogP contribution in [-0.4, -0.2) is 12.6 Å². The summed E-state index contributed by atoms with van der Waals surface area (Å²) in [5.74, 6) is 0. The number of nitrogens with one attached hydrogen (secondary N) is 1. The van der Waals surface area contributed by atoms with Gasteiger partial charge in [0.2, 0.25) is 0 Å². The van der Waals surface area contributed by atoms with Crippen LogP contribution in [0.5, 0.6) is 0 Å². The van der Waals surface area contributed by atoms with Crippen LogP contribution < -0.4 is 10.8 Å². The Hall–Kier alpha value is -0.765. The van der Waals surface area contributed by atoms with Gasteiger partial charge in [-0.15, -0.1) is 11.3 Å². The summed E-state index contributed by atoms with van der Waals surface area (Å²) in [5.41, 5.74) is 2.48. The van der Waals surface area contributed by atoms with Gasteiger partial charge in [-0.1, -0.05) is 12.9 Å². The van der Waals surface area contributed by atoms with Gasteiger partial charge in [0.05, 0.1) is 5.71 Å². The molecular weight excluding hydrogens is 155 g/mol. The van der Waals surface area contributed by atoms with E-state index >= 15 is 0 Å². The van der Waals surface area contributed by atoms with E-state index in [1.807, 2.05) is 6.92 Å². The van der Waals surface area contributed by atoms with E-state index < -0.39 is 0 Å². The number of nitrogens with zero attached hydrogens (tertiary/aromatic N) is 1. The quantitative estimate of drug-likeness (QED) is 0.566. The van der Waals surface area contributed by atoms with Crippen LogP contribution in [0.15, 0.2) is 16.5 Å². The van der Waals surface area contributed by atoms with Gasteiger partial charge in [-0.25, -0.2) is 0 Å². The summed E-state index contributed by atoms with van der Waals surface area (Å²) in [6, 6.07) is 2.16. The minimum absolute atomic E-state index is 0.375. The van der Waals surface area contributed by atoms with Gasteiger partial charge in [0.25, 0.3) is 0 Å². The summed E-state index contributed by atoms with van der Waals surface area (Å²) in [4.78, 5) is 1.33. The summed E-state index contributed by atoms with van der Waals surface area (Å²) in [6.07, 6.45) is 0. The Kier molecular flexibility index (Phi) is 1.49. The van der Waals surface area contributed by atoms with Gasteiger partial charge in [0.1, 0.15) is 0 Å². The summed E-state index contributed by atoms with van der Waals surface area (Å²) in [7, 11) is 0. The molecule has 0 aliphatic carbocycles. The molecule has 0 bridgehead atoms. The van der Waals surface area contributed by atoms with Crippen LogP contribution in [0.1, 0.15) is 11.8 Å². The van der Waals surface area contributed by atoms with Gasteiger partial charge in [-0.05, 0) is 17.8 Å². The molecule has 56 valence electrons. The van der Waals surface area contributed by atoms with Crippen molar-refractivity contribution < 1.29 is 0 Å². The third-order valence-electron chi connectivity index (χ3n) is 1.92. The first kappa shape index (κ1) is 6.92. The lowest BCUT2D eigenvalue weighted by Crippen LogP contribution is -2.44. The molecule has 0 saturated heterocycles. The van der Waals surface area contributed by atoms with Crippen molar-refractivity contribution in [2.24, 2.45) is 5.10 Å². The highest BCUT2D eigenvalue weighted by atomic mass is 32.1. The second-order valence-electron chi connectivity index (χ2n) is 2.75. The zero-order valence-electron chi connectivity index (χ0n) is 6.59. The molecule has 1 aromatic heterocycles. The fraction of sp³-hybridized carbons (Fsp3) is 0.286. The minimum atomic E-state index is 0.375. The Bertz CT molecular complexity index is 305. The Labute approximate surface area is 70.4 Å². The molecule has 2 heterocycles. The summed E-state index contributed by atoms with van der Waals surface area (Å²) < 4.78 is 0. The first-order valence-electron chi connectivity index (χ1n) is 3.66. The maximum atomic E-state index is 4.20. The number of rotatable bonds is 0. The SMILES string of the molecule is CB1NN=C(C)c2sccc21. The number of hydrogen-bond acceptors (Lipinski definition) is 3. The summed E-state index contributed by atoms with van der Waals surface area (Å²) in [5, 5.41) is 9.39. The molecule has 11 heavy (non-hydrogen) atoms. The standard InChI is InChI=1S/C7H9BN2S/c1-5-7-6(3-4-11-7)8(2)10-9-5/h3-4,10H,1-2H3. The highest BCUT2D eigenvalue weighted by Crippen LogP contribution is 2.11. The van der Waals surface area contributed by atoms with E-state index in [0.29, 0.717) is 6.85 Å². The van der Waals surface area contributed by atoms with E-state index in [9.17, 15) is 0 Å². The van der Waals surface area contributed by atoms with Gasteiger partial charge >= 0.3 is 6.85 Å². The zero-order valence-corrected chi connectivity index (χ0v) is 7.40. The first-order valence-corrected chi connectivity index (χ1v) is 4.54. The van der Waals surface area contributed by atoms with Gasteiger partial charge < -0.3 is 5.34 Å². The predicted octanol–water partition coefficient (Wildman–Crippen LogP) is 0.904. The molecule has 0 radical (unpaired) electrons. The smallest absolute Gasteiger partial charge is 0.303 e. The molecule has 0 unspecified atom stereocenters. The third-order valence-corrected chi connectivity index (χ3v) is 2.96. The molecular formula is C7H9BN2S. The van der Waals surface area contributed by atoms with E-state index in [-0.39, 0.29) is 0 Å². The Morgan fingerprint density at radius 3 is 3.18 bits per heavy atom. The Balaban J connectivity index is 2.55. The third kappa shape index (κ3) is 0.978. The first-order chi connectivity index (χ1) is 5.29. The largest absolute Gasteiger partial charge is 0.347 e. The van der Waals surface area contributed by atoms with E-state index in [2.05, 4.69) is 28.7 Å². The number of hydrazone groups is 1. The molecule has 0 fully saturated rings. The lowest BCUT2D eigenvalue weighted by Gasteiger charge is -2.14. The van der Waals surface area contributed by atoms with Crippen molar-refractivity contribution in [3.05, 3.63) is 16.3 Å². The molecule has 0 aromatic carbocycles. The van der Waals surface area contributed by atoms with Crippen LogP contribution in [-0.2, 0) is 0 Å². The average Bonchev–Trinajstić information content (AvgIpc) is 2.45. The van der Waals surface area contributed by atoms with Gasteiger partial charge in [0.15, 0.2) is 0 Å². The molecule has 2 nitrogen and oxygen atoms in total. The van der Waals surface area contributed by atoms with Gasteiger partial charge in [0, 0.05) is 4.88 Å². The zero-order chi connectivity index (χ0) is 7.84. The monoisotopic (exact) mass is 164 g/mol. The molecule has 0 spiro atoms. The van der Waals surface area contributed by atoms with Crippen molar-refractivity contribution in [3.8, 4) is 0 Å². The van der Waals surface area contributed by atoms with Crippen LogP contribution in [0.2, 0.25) is 6.82 Å². The number of fused-ring (bicyclic) bond motifs is 1. The number of thiophene rings is 1. The highest BCUT2D eigenvalue weighted by molar-refractivity contribution is 7.14. The molecule has 1 N–H and O–H groups in total. The van der Waals surface area contributed by atoms with Gasteiger partial charge in [-0.3, -0.25) is 0 Å². The summed E-state index contributed by atoms with van der Waals surface area (Å²) in [6.45, 7) is 4.54. The van der Waals surface area contributed by atoms with Crippen molar-refractivity contribution in [1.29, 1.82) is 0 Å². The normalized spacial score (nSPS) is 15.5. The van der Waals surface area contributed by atoms with Gasteiger partial charge in [-0.2, -0.15) is 5.10 Å². The fourth-order valence-electron chi connectivity index (χ4n) is 1.27. The van der Waals surface area contributed by atoms with Crippen molar-refractivity contribution in [2.45, 2.75) is 13.7 Å². The van der Waals surface area contributed by atoms with Crippen LogP contribution in [0, 0.1) is 0 Å². The molecule has 0 saturated carbocycles. The van der Waals surface area contributed by atoms with Crippen molar-refractivity contribution >= 4 is 29.4 Å². The number of hydrogen-bond donors (Lipinski definition) is 1. The maximum Gasteiger partial charge on any atom is 0.303 e. The fourth-order valence-corrected chi connectivity index (χ4v) is 2.22. The molecule has 0 atom stereocenters. The van der Waals surface area contributed by atoms with Crippen molar-refractivity contribution in [3.63, 3.8) is 0 Å². The Morgan fingerprint density at radius 2 is 2.45 bits per heavy atom. The lowest BCUT2D eigenvalue weighted by molar-refractivity contribution is 1.05. The van der Waals surface area contributed by atoms with Crippen molar-refractivity contribution in [2.75, 3.05) is 0 Å². The van der Waals surface area contributed by atoms with E-state index in [1.165, 1.54) is 10.3 Å². The van der Waals surface area contributed by atoms with Crippen LogP contribution in [0.25, 0.3) is 0 Å². The summed E-state index contributed by atoms with van der Waals surface area (Å²) >= 11 is 1.77. The molecule has 4 heteroatoms. The average molecular weight is 164 g/mol. The second-order valence-corrected chi connectivity index (χ2v) is 3.67. The maximum absolute atomic E-state index is 4.20. The molecule has 0 amide bonds.